The average molecular weight is 351 g/mol. The molecule has 0 saturated heterocycles. The Bertz CT molecular complexity index is 460. The van der Waals surface area contributed by atoms with Crippen LogP contribution < -0.4 is 4.57 Å². The van der Waals surface area contributed by atoms with E-state index in [4.69, 9.17) is 10.1 Å². The molecule has 0 aliphatic rings. The molecule has 0 radical (unpaired) electrons. The summed E-state index contributed by atoms with van der Waals surface area (Å²) in [5, 5.41) is 8.29. The zero-order valence-corrected chi connectivity index (χ0v) is 17.2. The van der Waals surface area contributed by atoms with E-state index < -0.39 is 0 Å². The van der Waals surface area contributed by atoms with Gasteiger partial charge in [0.2, 0.25) is 0 Å². The third kappa shape index (κ3) is 6.83. The van der Waals surface area contributed by atoms with E-state index in [1.54, 1.807) is 7.11 Å². The normalized spacial score (nSPS) is 13.6. The molecule has 1 aromatic heterocycles. The maximum atomic E-state index is 8.29. The average Bonchev–Trinajstić information content (AvgIpc) is 3.03. The van der Waals surface area contributed by atoms with Crippen LogP contribution in [-0.4, -0.2) is 17.6 Å². The number of rotatable bonds is 13. The molecule has 25 heavy (non-hydrogen) atoms. The number of nitrogens with zero attached hydrogens (tertiary/aromatic N) is 2. The van der Waals surface area contributed by atoms with Crippen LogP contribution in [0.25, 0.3) is 0 Å². The van der Waals surface area contributed by atoms with Crippen LogP contribution in [0.2, 0.25) is 0 Å². The topological polar surface area (TPSA) is 41.9 Å². The van der Waals surface area contributed by atoms with E-state index in [9.17, 15) is 0 Å². The Morgan fingerprint density at radius 3 is 2.20 bits per heavy atom. The van der Waals surface area contributed by atoms with Gasteiger partial charge in [-0.1, -0.05) is 53.4 Å². The Kier molecular flexibility index (Phi) is 10.5. The second kappa shape index (κ2) is 12.1. The second-order valence-corrected chi connectivity index (χ2v) is 7.29. The maximum absolute atomic E-state index is 8.29. The van der Waals surface area contributed by atoms with Crippen molar-refractivity contribution >= 4 is 5.90 Å². The van der Waals surface area contributed by atoms with Crippen LogP contribution in [0.15, 0.2) is 12.4 Å². The summed E-state index contributed by atoms with van der Waals surface area (Å²) in [6.07, 6.45) is 14.2. The molecule has 1 aromatic rings. The molecule has 1 rings (SSSR count). The minimum Gasteiger partial charge on any atom is -0.476 e. The molecule has 0 amide bonds. The van der Waals surface area contributed by atoms with Gasteiger partial charge in [0.25, 0.3) is 5.90 Å². The van der Waals surface area contributed by atoms with E-state index in [2.05, 4.69) is 49.2 Å². The Balaban J connectivity index is 2.95. The summed E-state index contributed by atoms with van der Waals surface area (Å²) >= 11 is 0. The van der Waals surface area contributed by atoms with Gasteiger partial charge in [-0.05, 0) is 37.5 Å². The Labute approximate surface area is 155 Å². The zero-order chi connectivity index (χ0) is 18.7. The highest BCUT2D eigenvalue weighted by atomic mass is 16.5. The highest BCUT2D eigenvalue weighted by molar-refractivity contribution is 5.86. The largest absolute Gasteiger partial charge is 0.476 e. The van der Waals surface area contributed by atoms with Crippen LogP contribution >= 0.6 is 0 Å². The predicted octanol–water partition coefficient (Wildman–Crippen LogP) is 5.18. The summed E-state index contributed by atoms with van der Waals surface area (Å²) < 4.78 is 9.79. The van der Waals surface area contributed by atoms with E-state index in [-0.39, 0.29) is 5.90 Å². The van der Waals surface area contributed by atoms with Crippen LogP contribution in [0.1, 0.15) is 84.9 Å². The molecule has 4 nitrogen and oxygen atoms in total. The van der Waals surface area contributed by atoms with Crippen molar-refractivity contribution in [3.63, 3.8) is 0 Å². The fourth-order valence-corrected chi connectivity index (χ4v) is 3.50. The van der Waals surface area contributed by atoms with Crippen molar-refractivity contribution in [3.8, 4) is 0 Å². The highest BCUT2D eigenvalue weighted by Gasteiger charge is 2.26. The molecule has 0 aromatic carbocycles. The van der Waals surface area contributed by atoms with Gasteiger partial charge >= 0.3 is 5.82 Å². The van der Waals surface area contributed by atoms with Gasteiger partial charge in [-0.3, -0.25) is 5.41 Å². The molecule has 0 fully saturated rings. The smallest absolute Gasteiger partial charge is 0.344 e. The SMILES string of the molecule is CCCCC(CC)Cn1cc[n+](CC(CC)CCCC)c1C(=N)OC. The van der Waals surface area contributed by atoms with Gasteiger partial charge in [0.15, 0.2) is 0 Å². The maximum Gasteiger partial charge on any atom is 0.344 e. The number of aromatic nitrogens is 2. The molecule has 1 N–H and O–H groups in total. The number of imidazole rings is 1. The van der Waals surface area contributed by atoms with E-state index in [1.165, 1.54) is 51.4 Å². The Morgan fingerprint density at radius 2 is 1.68 bits per heavy atom. The number of unbranched alkanes of at least 4 members (excludes halogenated alkanes) is 2. The lowest BCUT2D eigenvalue weighted by Gasteiger charge is -2.15. The van der Waals surface area contributed by atoms with E-state index >= 15 is 0 Å². The molecule has 1 heterocycles. The molecule has 144 valence electrons. The van der Waals surface area contributed by atoms with Crippen LogP contribution in [0, 0.1) is 17.2 Å². The predicted molar refractivity (Wildman–Crippen MR) is 105 cm³/mol. The Morgan fingerprint density at radius 1 is 1.08 bits per heavy atom. The second-order valence-electron chi connectivity index (χ2n) is 7.29. The third-order valence-electron chi connectivity index (χ3n) is 5.37. The van der Waals surface area contributed by atoms with E-state index in [0.717, 1.165) is 18.9 Å². The van der Waals surface area contributed by atoms with Gasteiger partial charge < -0.3 is 4.74 Å². The number of hydrogen-bond donors (Lipinski definition) is 1. The van der Waals surface area contributed by atoms with Crippen LogP contribution in [-0.2, 0) is 17.8 Å². The van der Waals surface area contributed by atoms with E-state index in [1.807, 2.05) is 0 Å². The minimum atomic E-state index is 0.278. The van der Waals surface area contributed by atoms with Gasteiger partial charge in [0.05, 0.1) is 20.2 Å². The van der Waals surface area contributed by atoms with Crippen molar-refractivity contribution in [2.45, 2.75) is 92.2 Å². The lowest BCUT2D eigenvalue weighted by atomic mass is 9.99. The number of hydrogen-bond acceptors (Lipinski definition) is 2. The van der Waals surface area contributed by atoms with Crippen molar-refractivity contribution in [2.24, 2.45) is 11.8 Å². The molecule has 0 aliphatic carbocycles. The first kappa shape index (κ1) is 21.7. The van der Waals surface area contributed by atoms with Crippen LogP contribution in [0.3, 0.4) is 0 Å². The lowest BCUT2D eigenvalue weighted by Crippen LogP contribution is -2.43. The summed E-state index contributed by atoms with van der Waals surface area (Å²) in [6.45, 7) is 11.0. The van der Waals surface area contributed by atoms with Crippen molar-refractivity contribution in [1.82, 2.24) is 4.57 Å². The molecule has 0 aliphatic heterocycles. The van der Waals surface area contributed by atoms with Crippen LogP contribution in [0.5, 0.6) is 0 Å². The minimum absolute atomic E-state index is 0.278. The molecular formula is C21H40N3O+. The number of ether oxygens (including phenoxy) is 1. The fraction of sp³-hybridized carbons (Fsp3) is 0.810. The standard InChI is InChI=1S/C21H40N3O/c1-6-10-12-18(8-3)16-23-14-15-24(21(23)20(22)25-5)17-19(9-4)13-11-7-2/h14-15,18-19,22H,6-13,16-17H2,1-5H3/q+1. The summed E-state index contributed by atoms with van der Waals surface area (Å²) in [5.74, 6) is 2.55. The monoisotopic (exact) mass is 350 g/mol. The van der Waals surface area contributed by atoms with Gasteiger partial charge in [-0.25, -0.2) is 9.13 Å². The van der Waals surface area contributed by atoms with Gasteiger partial charge in [0, 0.05) is 0 Å². The molecular weight excluding hydrogens is 310 g/mol. The van der Waals surface area contributed by atoms with Crippen molar-refractivity contribution in [3.05, 3.63) is 18.2 Å². The Hall–Kier alpha value is -1.32. The molecule has 0 spiro atoms. The quantitative estimate of drug-likeness (QED) is 0.297. The lowest BCUT2D eigenvalue weighted by molar-refractivity contribution is -0.704. The van der Waals surface area contributed by atoms with Crippen molar-refractivity contribution in [1.29, 1.82) is 5.41 Å². The number of nitrogens with one attached hydrogen (secondary N) is 1. The summed E-state index contributed by atoms with van der Waals surface area (Å²) in [4.78, 5) is 0. The first-order valence-electron chi connectivity index (χ1n) is 10.3. The summed E-state index contributed by atoms with van der Waals surface area (Å²) in [7, 11) is 1.60. The highest BCUT2D eigenvalue weighted by Crippen LogP contribution is 2.17. The zero-order valence-electron chi connectivity index (χ0n) is 17.2. The third-order valence-corrected chi connectivity index (χ3v) is 5.37. The molecule has 0 bridgehead atoms. The van der Waals surface area contributed by atoms with Gasteiger partial charge in [-0.2, -0.15) is 0 Å². The molecule has 0 saturated carbocycles. The molecule has 2 unspecified atom stereocenters. The van der Waals surface area contributed by atoms with E-state index in [0.29, 0.717) is 11.8 Å². The van der Waals surface area contributed by atoms with Gasteiger partial charge in [0.1, 0.15) is 12.4 Å². The van der Waals surface area contributed by atoms with Crippen molar-refractivity contribution < 1.29 is 9.30 Å². The fourth-order valence-electron chi connectivity index (χ4n) is 3.50. The van der Waals surface area contributed by atoms with Crippen molar-refractivity contribution in [2.75, 3.05) is 7.11 Å². The molecule has 2 atom stereocenters. The first-order chi connectivity index (χ1) is 12.1. The first-order valence-corrected chi connectivity index (χ1v) is 10.3. The van der Waals surface area contributed by atoms with Crippen LogP contribution in [0.4, 0.5) is 0 Å². The summed E-state index contributed by atoms with van der Waals surface area (Å²) in [5.41, 5.74) is 0. The number of methoxy groups -OCH3 is 1. The summed E-state index contributed by atoms with van der Waals surface area (Å²) in [6, 6.07) is 0. The molecule has 4 heteroatoms. The van der Waals surface area contributed by atoms with Gasteiger partial charge in [-0.15, -0.1) is 0 Å².